The van der Waals surface area contributed by atoms with Crippen LogP contribution in [0.5, 0.6) is 0 Å². The average Bonchev–Trinajstić information content (AvgIpc) is 1.99. The molecule has 1 unspecified atom stereocenters. The van der Waals surface area contributed by atoms with Gasteiger partial charge in [0.1, 0.15) is 6.04 Å². The van der Waals surface area contributed by atoms with Gasteiger partial charge in [-0.25, -0.2) is 0 Å². The Bertz CT molecular complexity index is 177. The summed E-state index contributed by atoms with van der Waals surface area (Å²) in [6.07, 6.45) is 1.15. The number of hydrogen-bond acceptors (Lipinski definition) is 3. The standard InChI is InChI=1S/C7H11NO3/c1-3-6(9)4-8-5(2)7(10)11/h3,5,8H,1,4H2,2H3,(H,10,11). The van der Waals surface area contributed by atoms with Gasteiger partial charge in [0.15, 0.2) is 5.78 Å². The highest BCUT2D eigenvalue weighted by Gasteiger charge is 2.09. The first-order chi connectivity index (χ1) is 5.07. The van der Waals surface area contributed by atoms with Gasteiger partial charge in [0, 0.05) is 0 Å². The van der Waals surface area contributed by atoms with Crippen LogP contribution in [-0.2, 0) is 9.59 Å². The smallest absolute Gasteiger partial charge is 0.320 e. The van der Waals surface area contributed by atoms with Crippen molar-refractivity contribution in [2.24, 2.45) is 0 Å². The lowest BCUT2D eigenvalue weighted by atomic mass is 10.3. The first-order valence-electron chi connectivity index (χ1n) is 3.19. The third-order valence-electron chi connectivity index (χ3n) is 1.18. The van der Waals surface area contributed by atoms with Crippen molar-refractivity contribution in [3.8, 4) is 0 Å². The second-order valence-electron chi connectivity index (χ2n) is 2.11. The molecule has 0 rings (SSSR count). The predicted molar refractivity (Wildman–Crippen MR) is 40.3 cm³/mol. The van der Waals surface area contributed by atoms with Gasteiger partial charge in [-0.05, 0) is 13.0 Å². The molecule has 0 radical (unpaired) electrons. The highest BCUT2D eigenvalue weighted by atomic mass is 16.4. The fourth-order valence-electron chi connectivity index (χ4n) is 0.413. The molecule has 4 nitrogen and oxygen atoms in total. The van der Waals surface area contributed by atoms with Gasteiger partial charge in [0.25, 0.3) is 0 Å². The molecule has 0 amide bonds. The Balaban J connectivity index is 3.62. The Hall–Kier alpha value is -1.16. The zero-order valence-electron chi connectivity index (χ0n) is 6.33. The van der Waals surface area contributed by atoms with Gasteiger partial charge >= 0.3 is 5.97 Å². The van der Waals surface area contributed by atoms with Crippen LogP contribution in [0.1, 0.15) is 6.92 Å². The molecule has 0 aliphatic rings. The number of nitrogens with one attached hydrogen (secondary N) is 1. The number of carbonyl (C=O) groups excluding carboxylic acids is 1. The van der Waals surface area contributed by atoms with Crippen LogP contribution in [0.4, 0.5) is 0 Å². The van der Waals surface area contributed by atoms with Crippen molar-refractivity contribution in [1.29, 1.82) is 0 Å². The third kappa shape index (κ3) is 4.27. The van der Waals surface area contributed by atoms with Gasteiger partial charge in [-0.2, -0.15) is 0 Å². The van der Waals surface area contributed by atoms with E-state index in [1.807, 2.05) is 0 Å². The molecule has 0 aromatic heterocycles. The van der Waals surface area contributed by atoms with Gasteiger partial charge in [-0.3, -0.25) is 14.9 Å². The fourth-order valence-corrected chi connectivity index (χ4v) is 0.413. The van der Waals surface area contributed by atoms with Crippen LogP contribution in [0.2, 0.25) is 0 Å². The second kappa shape index (κ2) is 4.62. The number of carbonyl (C=O) groups is 2. The molecule has 2 N–H and O–H groups in total. The largest absolute Gasteiger partial charge is 0.480 e. The van der Waals surface area contributed by atoms with E-state index in [9.17, 15) is 9.59 Å². The van der Waals surface area contributed by atoms with Crippen LogP contribution in [-0.4, -0.2) is 29.4 Å². The quantitative estimate of drug-likeness (QED) is 0.542. The van der Waals surface area contributed by atoms with Gasteiger partial charge in [0.2, 0.25) is 0 Å². The van der Waals surface area contributed by atoms with Crippen molar-refractivity contribution < 1.29 is 14.7 Å². The molecule has 0 saturated heterocycles. The summed E-state index contributed by atoms with van der Waals surface area (Å²) in [5.41, 5.74) is 0. The number of carboxylic acids is 1. The topological polar surface area (TPSA) is 66.4 Å². The summed E-state index contributed by atoms with van der Waals surface area (Å²) in [7, 11) is 0. The minimum atomic E-state index is -0.970. The Morgan fingerprint density at radius 2 is 2.27 bits per heavy atom. The van der Waals surface area contributed by atoms with E-state index in [1.54, 1.807) is 0 Å². The molecule has 11 heavy (non-hydrogen) atoms. The zero-order chi connectivity index (χ0) is 8.85. The normalized spacial score (nSPS) is 12.1. The summed E-state index contributed by atoms with van der Waals surface area (Å²) in [5.74, 6) is -1.18. The molecule has 0 aliphatic heterocycles. The maximum absolute atomic E-state index is 10.6. The van der Waals surface area contributed by atoms with Crippen LogP contribution >= 0.6 is 0 Å². The fraction of sp³-hybridized carbons (Fsp3) is 0.429. The van der Waals surface area contributed by atoms with Crippen molar-refractivity contribution >= 4 is 11.8 Å². The Morgan fingerprint density at radius 1 is 1.73 bits per heavy atom. The Morgan fingerprint density at radius 3 is 2.64 bits per heavy atom. The lowest BCUT2D eigenvalue weighted by molar-refractivity contribution is -0.139. The summed E-state index contributed by atoms with van der Waals surface area (Å²) >= 11 is 0. The van der Waals surface area contributed by atoms with Crippen molar-refractivity contribution in [2.45, 2.75) is 13.0 Å². The molecule has 4 heteroatoms. The summed E-state index contributed by atoms with van der Waals surface area (Å²) in [6.45, 7) is 4.74. The van der Waals surface area contributed by atoms with E-state index < -0.39 is 12.0 Å². The molecule has 0 fully saturated rings. The van der Waals surface area contributed by atoms with E-state index in [2.05, 4.69) is 11.9 Å². The molecular weight excluding hydrogens is 146 g/mol. The molecule has 0 aromatic carbocycles. The van der Waals surface area contributed by atoms with Gasteiger partial charge in [-0.1, -0.05) is 6.58 Å². The van der Waals surface area contributed by atoms with Crippen molar-refractivity contribution in [3.63, 3.8) is 0 Å². The van der Waals surface area contributed by atoms with Crippen LogP contribution in [0.25, 0.3) is 0 Å². The molecule has 0 aromatic rings. The number of ketones is 1. The lowest BCUT2D eigenvalue weighted by Crippen LogP contribution is -2.36. The summed E-state index contributed by atoms with van der Waals surface area (Å²) in [5, 5.41) is 10.9. The van der Waals surface area contributed by atoms with E-state index >= 15 is 0 Å². The monoisotopic (exact) mass is 157 g/mol. The number of rotatable bonds is 5. The minimum absolute atomic E-state index is 0.0248. The van der Waals surface area contributed by atoms with Crippen molar-refractivity contribution in [1.82, 2.24) is 5.32 Å². The first-order valence-corrected chi connectivity index (χ1v) is 3.19. The van der Waals surface area contributed by atoms with Gasteiger partial charge in [0.05, 0.1) is 6.54 Å². The van der Waals surface area contributed by atoms with Gasteiger partial charge < -0.3 is 5.11 Å². The first kappa shape index (κ1) is 9.84. The summed E-state index contributed by atoms with van der Waals surface area (Å²) in [4.78, 5) is 20.8. The molecule has 0 aliphatic carbocycles. The van der Waals surface area contributed by atoms with Crippen molar-refractivity contribution in [2.75, 3.05) is 6.54 Å². The molecule has 0 heterocycles. The minimum Gasteiger partial charge on any atom is -0.480 e. The van der Waals surface area contributed by atoms with Crippen LogP contribution in [0.3, 0.4) is 0 Å². The van der Waals surface area contributed by atoms with E-state index in [1.165, 1.54) is 6.92 Å². The maximum atomic E-state index is 10.6. The third-order valence-corrected chi connectivity index (χ3v) is 1.18. The van der Waals surface area contributed by atoms with Crippen LogP contribution in [0.15, 0.2) is 12.7 Å². The SMILES string of the molecule is C=CC(=O)CNC(C)C(=O)O. The van der Waals surface area contributed by atoms with Crippen LogP contribution < -0.4 is 5.32 Å². The van der Waals surface area contributed by atoms with Crippen LogP contribution in [0, 0.1) is 0 Å². The lowest BCUT2D eigenvalue weighted by Gasteiger charge is -2.05. The Kier molecular flexibility index (Phi) is 4.14. The highest BCUT2D eigenvalue weighted by molar-refractivity contribution is 5.91. The van der Waals surface area contributed by atoms with Crippen molar-refractivity contribution in [3.05, 3.63) is 12.7 Å². The predicted octanol–water partition coefficient (Wildman–Crippen LogP) is -0.196. The summed E-state index contributed by atoms with van der Waals surface area (Å²) in [6, 6.07) is -0.695. The zero-order valence-corrected chi connectivity index (χ0v) is 6.33. The number of aliphatic carboxylic acids is 1. The molecule has 1 atom stereocenters. The van der Waals surface area contributed by atoms with E-state index in [4.69, 9.17) is 5.11 Å². The second-order valence-corrected chi connectivity index (χ2v) is 2.11. The highest BCUT2D eigenvalue weighted by Crippen LogP contribution is 1.80. The molecule has 62 valence electrons. The molecular formula is C7H11NO3. The maximum Gasteiger partial charge on any atom is 0.320 e. The summed E-state index contributed by atoms with van der Waals surface area (Å²) < 4.78 is 0. The van der Waals surface area contributed by atoms with Gasteiger partial charge in [-0.15, -0.1) is 0 Å². The Labute approximate surface area is 64.9 Å². The average molecular weight is 157 g/mol. The number of hydrogen-bond donors (Lipinski definition) is 2. The van der Waals surface area contributed by atoms with E-state index in [-0.39, 0.29) is 12.3 Å². The molecule has 0 spiro atoms. The van der Waals surface area contributed by atoms with E-state index in [0.29, 0.717) is 0 Å². The molecule has 0 saturated carbocycles. The van der Waals surface area contributed by atoms with E-state index in [0.717, 1.165) is 6.08 Å². The number of carboxylic acid groups (broad SMARTS) is 1. The molecule has 0 bridgehead atoms.